The molecule has 2 heterocycles. The number of epoxide rings is 1. The average molecular weight is 199 g/mol. The van der Waals surface area contributed by atoms with Crippen LogP contribution in [0.4, 0.5) is 0 Å². The summed E-state index contributed by atoms with van der Waals surface area (Å²) >= 11 is 0. The summed E-state index contributed by atoms with van der Waals surface area (Å²) < 4.78 is 10.1. The van der Waals surface area contributed by atoms with Gasteiger partial charge in [0.1, 0.15) is 12.7 Å². The highest BCUT2D eigenvalue weighted by atomic mass is 16.6. The number of rotatable bonds is 3. The minimum Gasteiger partial charge on any atom is -0.479 e. The van der Waals surface area contributed by atoms with Gasteiger partial charge < -0.3 is 19.7 Å². The van der Waals surface area contributed by atoms with Crippen LogP contribution in [-0.4, -0.2) is 44.0 Å². The van der Waals surface area contributed by atoms with Crippen LogP contribution >= 0.6 is 0 Å². The molecule has 2 N–H and O–H groups in total. The predicted octanol–water partition coefficient (Wildman–Crippen LogP) is -0.551. The zero-order valence-electron chi connectivity index (χ0n) is 7.41. The summed E-state index contributed by atoms with van der Waals surface area (Å²) in [5, 5.41) is 17.8. The molecule has 1 aromatic rings. The summed E-state index contributed by atoms with van der Waals surface area (Å²) in [5.74, 6) is 0. The van der Waals surface area contributed by atoms with Gasteiger partial charge in [-0.1, -0.05) is 0 Å². The molecule has 0 aliphatic carbocycles. The first kappa shape index (κ1) is 8.95. The topological polar surface area (TPSA) is 101 Å². The van der Waals surface area contributed by atoms with Crippen LogP contribution in [-0.2, 0) is 4.74 Å². The molecule has 1 fully saturated rings. The van der Waals surface area contributed by atoms with Gasteiger partial charge in [0.05, 0.1) is 6.10 Å². The maximum atomic E-state index is 8.89. The first-order valence-corrected chi connectivity index (χ1v) is 4.07. The molecule has 14 heavy (non-hydrogen) atoms. The van der Waals surface area contributed by atoms with Crippen molar-refractivity contribution in [2.75, 3.05) is 6.61 Å². The zero-order chi connectivity index (χ0) is 10.1. The molecule has 0 aromatic carbocycles. The maximum Gasteiger partial charge on any atom is 0.325 e. The number of hydrogen-bond donors (Lipinski definition) is 2. The van der Waals surface area contributed by atoms with E-state index < -0.39 is 12.0 Å². The molecule has 0 spiro atoms. The average Bonchev–Trinajstić information content (AvgIpc) is 2.77. The lowest BCUT2D eigenvalue weighted by Gasteiger charge is -2.01. The molecule has 7 nitrogen and oxygen atoms in total. The number of aromatic hydroxyl groups is 2. The van der Waals surface area contributed by atoms with E-state index in [2.05, 4.69) is 15.0 Å². The fourth-order valence-corrected chi connectivity index (χ4v) is 0.962. The third-order valence-corrected chi connectivity index (χ3v) is 1.80. The van der Waals surface area contributed by atoms with Crippen molar-refractivity contribution in [2.24, 2.45) is 0 Å². The van der Waals surface area contributed by atoms with Crippen LogP contribution < -0.4 is 4.74 Å². The second-order valence-corrected chi connectivity index (χ2v) is 2.91. The SMILES string of the molecule is CC1OC1COc1nc(O)nc(O)n1. The highest BCUT2D eigenvalue weighted by Gasteiger charge is 2.35. The van der Waals surface area contributed by atoms with E-state index in [1.165, 1.54) is 0 Å². The van der Waals surface area contributed by atoms with Gasteiger partial charge in [-0.3, -0.25) is 0 Å². The summed E-state index contributed by atoms with van der Waals surface area (Å²) in [6.45, 7) is 2.21. The molecular formula is C7H9N3O4. The normalized spacial score (nSPS) is 24.6. The largest absolute Gasteiger partial charge is 0.479 e. The molecule has 0 saturated carbocycles. The zero-order valence-corrected chi connectivity index (χ0v) is 7.41. The quantitative estimate of drug-likeness (QED) is 0.629. The van der Waals surface area contributed by atoms with E-state index in [9.17, 15) is 0 Å². The summed E-state index contributed by atoms with van der Waals surface area (Å²) in [6.07, 6.45) is 0.218. The Hall–Kier alpha value is -1.63. The Balaban J connectivity index is 1.95. The molecule has 1 saturated heterocycles. The molecule has 1 aliphatic rings. The van der Waals surface area contributed by atoms with E-state index in [0.29, 0.717) is 6.61 Å². The van der Waals surface area contributed by atoms with Crippen molar-refractivity contribution in [2.45, 2.75) is 19.1 Å². The summed E-state index contributed by atoms with van der Waals surface area (Å²) in [4.78, 5) is 10.1. The molecule has 2 rings (SSSR count). The minimum atomic E-state index is -0.572. The Labute approximate surface area is 79.4 Å². The van der Waals surface area contributed by atoms with Gasteiger partial charge in [-0.25, -0.2) is 0 Å². The Kier molecular flexibility index (Phi) is 2.08. The summed E-state index contributed by atoms with van der Waals surface area (Å²) in [6, 6.07) is -1.26. The molecule has 7 heteroatoms. The lowest BCUT2D eigenvalue weighted by molar-refractivity contribution is 0.236. The van der Waals surface area contributed by atoms with Gasteiger partial charge >= 0.3 is 18.0 Å². The van der Waals surface area contributed by atoms with Crippen molar-refractivity contribution in [3.63, 3.8) is 0 Å². The number of nitrogens with zero attached hydrogens (tertiary/aromatic N) is 3. The third kappa shape index (κ3) is 1.99. The van der Waals surface area contributed by atoms with Gasteiger partial charge in [-0.2, -0.15) is 0 Å². The van der Waals surface area contributed by atoms with Gasteiger partial charge in [0, 0.05) is 0 Å². The lowest BCUT2D eigenvalue weighted by Crippen LogP contribution is -2.08. The number of hydrogen-bond acceptors (Lipinski definition) is 7. The highest BCUT2D eigenvalue weighted by Crippen LogP contribution is 2.21. The highest BCUT2D eigenvalue weighted by molar-refractivity contribution is 5.06. The summed E-state index contributed by atoms with van der Waals surface area (Å²) in [5.41, 5.74) is 0. The first-order chi connectivity index (χ1) is 6.65. The standard InChI is InChI=1S/C7H9N3O4/c1-3-4(14-3)2-13-7-9-5(11)8-6(12)10-7/h3-4H,2H2,1H3,(H2,8,9,10,11,12). The molecular weight excluding hydrogens is 190 g/mol. The molecule has 0 amide bonds. The Morgan fingerprint density at radius 3 is 2.36 bits per heavy atom. The van der Waals surface area contributed by atoms with Gasteiger partial charge in [0.25, 0.3) is 0 Å². The monoisotopic (exact) mass is 199 g/mol. The van der Waals surface area contributed by atoms with Crippen molar-refractivity contribution >= 4 is 0 Å². The van der Waals surface area contributed by atoms with E-state index in [4.69, 9.17) is 19.7 Å². The maximum absolute atomic E-state index is 8.89. The number of aromatic nitrogens is 3. The first-order valence-electron chi connectivity index (χ1n) is 4.07. The van der Waals surface area contributed by atoms with E-state index in [1.807, 2.05) is 6.92 Å². The fourth-order valence-electron chi connectivity index (χ4n) is 0.962. The Bertz CT molecular complexity index is 325. The van der Waals surface area contributed by atoms with Crippen LogP contribution in [0.5, 0.6) is 18.0 Å². The fraction of sp³-hybridized carbons (Fsp3) is 0.571. The molecule has 0 bridgehead atoms. The van der Waals surface area contributed by atoms with Gasteiger partial charge in [-0.15, -0.1) is 15.0 Å². The molecule has 76 valence electrons. The predicted molar refractivity (Wildman–Crippen MR) is 43.0 cm³/mol. The molecule has 2 atom stereocenters. The smallest absolute Gasteiger partial charge is 0.325 e. The van der Waals surface area contributed by atoms with Crippen molar-refractivity contribution in [3.05, 3.63) is 0 Å². The second kappa shape index (κ2) is 3.26. The Morgan fingerprint density at radius 1 is 1.29 bits per heavy atom. The van der Waals surface area contributed by atoms with E-state index >= 15 is 0 Å². The van der Waals surface area contributed by atoms with Crippen molar-refractivity contribution in [1.82, 2.24) is 15.0 Å². The molecule has 1 aliphatic heterocycles. The minimum absolute atomic E-state index is 0.0380. The van der Waals surface area contributed by atoms with Crippen LogP contribution in [0.2, 0.25) is 0 Å². The third-order valence-electron chi connectivity index (χ3n) is 1.80. The van der Waals surface area contributed by atoms with Crippen LogP contribution in [0.1, 0.15) is 6.92 Å². The lowest BCUT2D eigenvalue weighted by atomic mass is 10.4. The van der Waals surface area contributed by atoms with E-state index in [-0.39, 0.29) is 18.2 Å². The van der Waals surface area contributed by atoms with Gasteiger partial charge in [0.2, 0.25) is 0 Å². The molecule has 1 aromatic heterocycles. The Morgan fingerprint density at radius 2 is 1.86 bits per heavy atom. The van der Waals surface area contributed by atoms with Crippen LogP contribution in [0, 0.1) is 0 Å². The van der Waals surface area contributed by atoms with Crippen molar-refractivity contribution in [3.8, 4) is 18.0 Å². The summed E-state index contributed by atoms with van der Waals surface area (Å²) in [7, 11) is 0. The van der Waals surface area contributed by atoms with E-state index in [0.717, 1.165) is 0 Å². The molecule has 0 radical (unpaired) electrons. The van der Waals surface area contributed by atoms with Gasteiger partial charge in [0.15, 0.2) is 0 Å². The van der Waals surface area contributed by atoms with E-state index in [1.54, 1.807) is 0 Å². The van der Waals surface area contributed by atoms with Crippen LogP contribution in [0.15, 0.2) is 0 Å². The van der Waals surface area contributed by atoms with Crippen molar-refractivity contribution < 1.29 is 19.7 Å². The second-order valence-electron chi connectivity index (χ2n) is 2.91. The molecule has 2 unspecified atom stereocenters. The van der Waals surface area contributed by atoms with Crippen LogP contribution in [0.3, 0.4) is 0 Å². The van der Waals surface area contributed by atoms with Crippen molar-refractivity contribution in [1.29, 1.82) is 0 Å². The van der Waals surface area contributed by atoms with Crippen LogP contribution in [0.25, 0.3) is 0 Å². The number of ether oxygens (including phenoxy) is 2. The van der Waals surface area contributed by atoms with Gasteiger partial charge in [-0.05, 0) is 6.92 Å².